The van der Waals surface area contributed by atoms with Crippen LogP contribution in [-0.2, 0) is 33.6 Å². The first-order chi connectivity index (χ1) is 24.9. The standard InChI is InChI=1S/C37H52N6O10/c1-20(2)16-25(32(38)48)39-35(51)28(19-44)42-37(53)31(22(5)45)43-34(50)27(18-29(46)47)40-33(49)26(17-21(3)4)41-36(52)30(23-12-8-6-9-13-23)24-14-10-7-11-15-24/h6-15,20-22,25-28,30-31,44-45H,16-19H2,1-5H3,(H2,38,48)(H,39,51)(H,40,49)(H,41,52)(H,42,53)(H,43,50)(H,46,47)/t22?,25-,26-,27-,28-,31-/m0/s1. The van der Waals surface area contributed by atoms with E-state index in [1.165, 1.54) is 0 Å². The highest BCUT2D eigenvalue weighted by atomic mass is 16.4. The van der Waals surface area contributed by atoms with Crippen molar-refractivity contribution < 1.29 is 48.9 Å². The van der Waals surface area contributed by atoms with Gasteiger partial charge in [0.15, 0.2) is 0 Å². The highest BCUT2D eigenvalue weighted by Crippen LogP contribution is 2.25. The number of aliphatic hydroxyl groups is 2. The van der Waals surface area contributed by atoms with Crippen LogP contribution in [0.3, 0.4) is 0 Å². The van der Waals surface area contributed by atoms with Crippen LogP contribution in [0.25, 0.3) is 0 Å². The van der Waals surface area contributed by atoms with E-state index in [9.17, 15) is 48.9 Å². The summed E-state index contributed by atoms with van der Waals surface area (Å²) in [5.41, 5.74) is 6.69. The molecule has 0 bridgehead atoms. The molecular weight excluding hydrogens is 688 g/mol. The van der Waals surface area contributed by atoms with E-state index in [4.69, 9.17) is 5.73 Å². The Hall–Kier alpha value is -5.35. The molecule has 2 aromatic carbocycles. The molecule has 0 fully saturated rings. The van der Waals surface area contributed by atoms with Crippen LogP contribution in [-0.4, -0.2) is 99.7 Å². The van der Waals surface area contributed by atoms with Crippen molar-refractivity contribution in [2.24, 2.45) is 17.6 Å². The molecule has 0 aliphatic heterocycles. The minimum Gasteiger partial charge on any atom is -0.481 e. The first kappa shape index (κ1) is 43.8. The average Bonchev–Trinajstić information content (AvgIpc) is 3.08. The molecule has 0 aliphatic rings. The first-order valence-corrected chi connectivity index (χ1v) is 17.4. The number of carbonyl (C=O) groups excluding carboxylic acids is 6. The van der Waals surface area contributed by atoms with Crippen LogP contribution in [0, 0.1) is 11.8 Å². The Kier molecular flexibility index (Phi) is 17.6. The van der Waals surface area contributed by atoms with Crippen molar-refractivity contribution in [3.8, 4) is 0 Å². The zero-order valence-electron chi connectivity index (χ0n) is 30.6. The number of nitrogens with one attached hydrogen (secondary N) is 5. The number of carboxylic acids is 1. The average molecular weight is 741 g/mol. The van der Waals surface area contributed by atoms with Gasteiger partial charge in [-0.05, 0) is 42.7 Å². The molecule has 0 aliphatic carbocycles. The van der Waals surface area contributed by atoms with Crippen molar-refractivity contribution in [1.82, 2.24) is 26.6 Å². The van der Waals surface area contributed by atoms with Gasteiger partial charge < -0.3 is 47.6 Å². The topological polar surface area (TPSA) is 266 Å². The lowest BCUT2D eigenvalue weighted by Gasteiger charge is -2.28. The fourth-order valence-corrected chi connectivity index (χ4v) is 5.50. The summed E-state index contributed by atoms with van der Waals surface area (Å²) in [5.74, 6) is -7.94. The second-order valence-corrected chi connectivity index (χ2v) is 13.7. The summed E-state index contributed by atoms with van der Waals surface area (Å²) in [6.07, 6.45) is -2.25. The van der Waals surface area contributed by atoms with E-state index >= 15 is 0 Å². The number of nitrogens with two attached hydrogens (primary N) is 1. The van der Waals surface area contributed by atoms with E-state index < -0.39 is 96.7 Å². The molecule has 0 spiro atoms. The van der Waals surface area contributed by atoms with Gasteiger partial charge >= 0.3 is 5.97 Å². The van der Waals surface area contributed by atoms with Crippen molar-refractivity contribution in [2.75, 3.05) is 6.61 Å². The summed E-state index contributed by atoms with van der Waals surface area (Å²) in [4.78, 5) is 90.6. The molecule has 0 aromatic heterocycles. The van der Waals surface area contributed by atoms with E-state index in [-0.39, 0.29) is 24.7 Å². The molecule has 6 atom stereocenters. The summed E-state index contributed by atoms with van der Waals surface area (Å²) in [5, 5.41) is 41.7. The fourth-order valence-electron chi connectivity index (χ4n) is 5.50. The molecule has 0 saturated carbocycles. The van der Waals surface area contributed by atoms with Gasteiger partial charge in [-0.3, -0.25) is 33.6 Å². The Bertz CT molecular complexity index is 1510. The normalized spacial score (nSPS) is 14.6. The summed E-state index contributed by atoms with van der Waals surface area (Å²) in [6, 6.07) is 10.3. The zero-order valence-corrected chi connectivity index (χ0v) is 30.6. The predicted octanol–water partition coefficient (Wildman–Crippen LogP) is -0.332. The van der Waals surface area contributed by atoms with Crippen LogP contribution in [0.4, 0.5) is 0 Å². The number of hydrogen-bond acceptors (Lipinski definition) is 9. The molecule has 16 nitrogen and oxygen atoms in total. The number of primary amides is 1. The Labute approximate surface area is 308 Å². The zero-order chi connectivity index (χ0) is 39.8. The van der Waals surface area contributed by atoms with E-state index in [0.717, 1.165) is 6.92 Å². The molecule has 10 N–H and O–H groups in total. The highest BCUT2D eigenvalue weighted by molar-refractivity contribution is 5.98. The Balaban J connectivity index is 2.28. The van der Waals surface area contributed by atoms with Gasteiger partial charge in [-0.15, -0.1) is 0 Å². The molecule has 290 valence electrons. The molecule has 53 heavy (non-hydrogen) atoms. The molecule has 0 heterocycles. The summed E-state index contributed by atoms with van der Waals surface area (Å²) < 4.78 is 0. The van der Waals surface area contributed by atoms with Crippen LogP contribution in [0.5, 0.6) is 0 Å². The number of carbonyl (C=O) groups is 7. The number of rotatable bonds is 21. The van der Waals surface area contributed by atoms with Crippen LogP contribution < -0.4 is 32.3 Å². The molecule has 0 saturated heterocycles. The number of carboxylic acid groups (broad SMARTS) is 1. The monoisotopic (exact) mass is 740 g/mol. The Morgan fingerprint density at radius 1 is 0.585 bits per heavy atom. The molecular formula is C37H52N6O10. The number of aliphatic hydroxyl groups excluding tert-OH is 2. The van der Waals surface area contributed by atoms with Crippen molar-refractivity contribution in [3.05, 3.63) is 71.8 Å². The summed E-state index contributed by atoms with van der Waals surface area (Å²) >= 11 is 0. The third-order valence-corrected chi connectivity index (χ3v) is 8.13. The number of hydrogen-bond donors (Lipinski definition) is 9. The van der Waals surface area contributed by atoms with Crippen molar-refractivity contribution in [2.45, 2.75) is 96.1 Å². The van der Waals surface area contributed by atoms with E-state index in [2.05, 4.69) is 26.6 Å². The van der Waals surface area contributed by atoms with Crippen LogP contribution in [0.1, 0.15) is 70.9 Å². The van der Waals surface area contributed by atoms with E-state index in [1.54, 1.807) is 74.5 Å². The van der Waals surface area contributed by atoms with Gasteiger partial charge in [0.05, 0.1) is 25.0 Å². The predicted molar refractivity (Wildman–Crippen MR) is 194 cm³/mol. The number of amides is 6. The van der Waals surface area contributed by atoms with Crippen LogP contribution in [0.15, 0.2) is 60.7 Å². The largest absolute Gasteiger partial charge is 0.481 e. The van der Waals surface area contributed by atoms with Crippen LogP contribution in [0.2, 0.25) is 0 Å². The van der Waals surface area contributed by atoms with Crippen molar-refractivity contribution in [1.29, 1.82) is 0 Å². The van der Waals surface area contributed by atoms with Crippen molar-refractivity contribution >= 4 is 41.4 Å². The first-order valence-electron chi connectivity index (χ1n) is 17.4. The van der Waals surface area contributed by atoms with Crippen LogP contribution >= 0.6 is 0 Å². The van der Waals surface area contributed by atoms with E-state index in [0.29, 0.717) is 11.1 Å². The van der Waals surface area contributed by atoms with E-state index in [1.807, 2.05) is 13.8 Å². The lowest BCUT2D eigenvalue weighted by atomic mass is 9.90. The molecule has 0 radical (unpaired) electrons. The fraction of sp³-hybridized carbons (Fsp3) is 0.486. The van der Waals surface area contributed by atoms with Gasteiger partial charge in [-0.2, -0.15) is 0 Å². The second kappa shape index (κ2) is 21.2. The molecule has 16 heteroatoms. The summed E-state index contributed by atoms with van der Waals surface area (Å²) in [7, 11) is 0. The minimum atomic E-state index is -1.79. The maximum absolute atomic E-state index is 13.8. The third kappa shape index (κ3) is 14.3. The molecule has 2 rings (SSSR count). The van der Waals surface area contributed by atoms with Gasteiger partial charge in [0.25, 0.3) is 0 Å². The third-order valence-electron chi connectivity index (χ3n) is 8.13. The quantitative estimate of drug-likeness (QED) is 0.0804. The lowest BCUT2D eigenvalue weighted by Crippen LogP contribution is -2.62. The number of aliphatic carboxylic acids is 1. The smallest absolute Gasteiger partial charge is 0.305 e. The Morgan fingerprint density at radius 3 is 1.43 bits per heavy atom. The summed E-state index contributed by atoms with van der Waals surface area (Å²) in [6.45, 7) is 7.41. The molecule has 6 amide bonds. The Morgan fingerprint density at radius 2 is 1.00 bits per heavy atom. The van der Waals surface area contributed by atoms with Gasteiger partial charge in [0, 0.05) is 0 Å². The maximum atomic E-state index is 13.8. The van der Waals surface area contributed by atoms with Gasteiger partial charge in [-0.25, -0.2) is 0 Å². The van der Waals surface area contributed by atoms with Gasteiger partial charge in [-0.1, -0.05) is 88.4 Å². The minimum absolute atomic E-state index is 0.0403. The SMILES string of the molecule is CC(C)C[C@H](NC(=O)[C@H](CO)NC(=O)[C@@H](NC(=O)[C@H](CC(=O)O)NC(=O)[C@H](CC(C)C)NC(=O)C(c1ccccc1)c1ccccc1)C(C)O)C(N)=O. The second-order valence-electron chi connectivity index (χ2n) is 13.7. The lowest BCUT2D eigenvalue weighted by molar-refractivity contribution is -0.142. The van der Waals surface area contributed by atoms with Gasteiger partial charge in [0.1, 0.15) is 30.2 Å². The number of benzene rings is 2. The molecule has 2 aromatic rings. The maximum Gasteiger partial charge on any atom is 0.305 e. The van der Waals surface area contributed by atoms with Crippen molar-refractivity contribution in [3.63, 3.8) is 0 Å². The molecule has 1 unspecified atom stereocenters. The van der Waals surface area contributed by atoms with Gasteiger partial charge in [0.2, 0.25) is 35.4 Å². The highest BCUT2D eigenvalue weighted by Gasteiger charge is 2.35.